The number of carbonyl (C=O) groups is 1. The third-order valence-electron chi connectivity index (χ3n) is 8.42. The molecule has 2 amide bonds. The minimum absolute atomic E-state index is 0.0185. The van der Waals surface area contributed by atoms with Gasteiger partial charge in [-0.3, -0.25) is 9.80 Å². The van der Waals surface area contributed by atoms with Crippen LogP contribution in [0.2, 0.25) is 0 Å². The van der Waals surface area contributed by atoms with E-state index in [0.717, 1.165) is 80.3 Å². The largest absolute Gasteiger partial charge is 0.416 e. The number of anilines is 1. The molecular weight excluding hydrogens is 577 g/mol. The highest BCUT2D eigenvalue weighted by Gasteiger charge is 2.33. The maximum Gasteiger partial charge on any atom is 0.416 e. The van der Waals surface area contributed by atoms with Crippen molar-refractivity contribution >= 4 is 11.7 Å². The summed E-state index contributed by atoms with van der Waals surface area (Å²) >= 11 is 0. The van der Waals surface area contributed by atoms with Crippen molar-refractivity contribution in [2.75, 3.05) is 31.1 Å². The summed E-state index contributed by atoms with van der Waals surface area (Å²) in [6.45, 7) is 10.9. The molecule has 1 saturated heterocycles. The zero-order valence-electron chi connectivity index (χ0n) is 25.9. The highest BCUT2D eigenvalue weighted by molar-refractivity contribution is 5.92. The molecule has 2 heterocycles. The van der Waals surface area contributed by atoms with Crippen LogP contribution < -0.4 is 4.90 Å². The molecule has 0 radical (unpaired) electrons. The molecule has 0 bridgehead atoms. The third kappa shape index (κ3) is 7.78. The summed E-state index contributed by atoms with van der Waals surface area (Å²) in [6, 6.07) is 8.07. The number of piperidine rings is 1. The van der Waals surface area contributed by atoms with E-state index in [0.29, 0.717) is 31.7 Å². The smallest absolute Gasteiger partial charge is 0.321 e. The first-order chi connectivity index (χ1) is 20.9. The van der Waals surface area contributed by atoms with E-state index in [1.54, 1.807) is 4.68 Å². The number of aryl methyl sites for hydroxylation is 1. The van der Waals surface area contributed by atoms with E-state index in [4.69, 9.17) is 0 Å². The Morgan fingerprint density at radius 2 is 1.59 bits per heavy atom. The summed E-state index contributed by atoms with van der Waals surface area (Å²) in [6.07, 6.45) is 0.343. The topological polar surface area (TPSA) is 44.6 Å². The number of hydrogen-bond donors (Lipinski definition) is 0. The van der Waals surface area contributed by atoms with Crippen LogP contribution in [0.3, 0.4) is 0 Å². The summed E-state index contributed by atoms with van der Waals surface area (Å²) in [5.41, 5.74) is 2.68. The van der Waals surface area contributed by atoms with E-state index in [2.05, 4.69) is 16.9 Å². The Balaban J connectivity index is 1.47. The van der Waals surface area contributed by atoms with Crippen LogP contribution in [0.4, 0.5) is 32.4 Å². The van der Waals surface area contributed by atoms with Gasteiger partial charge in [0.2, 0.25) is 0 Å². The Labute approximate surface area is 256 Å². The van der Waals surface area contributed by atoms with E-state index in [9.17, 15) is 26.7 Å². The van der Waals surface area contributed by atoms with Crippen molar-refractivity contribution in [2.45, 2.75) is 85.0 Å². The maximum absolute atomic E-state index is 14.8. The second-order valence-electron chi connectivity index (χ2n) is 11.5. The lowest BCUT2D eigenvalue weighted by atomic mass is 10.0. The van der Waals surface area contributed by atoms with E-state index in [1.807, 2.05) is 25.7 Å². The molecular formula is C33H42F5N5O. The molecule has 1 fully saturated rings. The van der Waals surface area contributed by atoms with Crippen LogP contribution in [0, 0.1) is 25.5 Å². The average molecular weight is 620 g/mol. The summed E-state index contributed by atoms with van der Waals surface area (Å²) < 4.78 is 69.3. The van der Waals surface area contributed by atoms with Gasteiger partial charge in [-0.1, -0.05) is 26.7 Å². The monoisotopic (exact) mass is 619 g/mol. The Bertz CT molecular complexity index is 1400. The first kappa shape index (κ1) is 33.4. The molecule has 0 atom stereocenters. The molecule has 3 aromatic rings. The first-order valence-electron chi connectivity index (χ1n) is 15.4. The number of unbranched alkanes of at least 4 members (excludes halogenated alkanes) is 2. The predicted molar refractivity (Wildman–Crippen MR) is 162 cm³/mol. The molecule has 1 aromatic heterocycles. The molecule has 240 valence electrons. The molecule has 44 heavy (non-hydrogen) atoms. The van der Waals surface area contributed by atoms with Gasteiger partial charge in [-0.25, -0.2) is 18.3 Å². The molecule has 2 aromatic carbocycles. The standard InChI is InChI=1S/C33H42F5N5O/c1-5-7-17-41(32(44)42(18-8-6-2)31-14-11-26(34)21-30(31)35)27-15-19-40(20-16-27)22-29-23(3)39-43(24(29)4)28-12-9-25(10-13-28)33(36,37)38/h9-14,21,27H,5-8,15-20,22H2,1-4H3. The van der Waals surface area contributed by atoms with Crippen LogP contribution in [-0.4, -0.2) is 57.8 Å². The Morgan fingerprint density at radius 3 is 2.18 bits per heavy atom. The van der Waals surface area contributed by atoms with Crippen molar-refractivity contribution < 1.29 is 26.7 Å². The fourth-order valence-corrected chi connectivity index (χ4v) is 5.81. The second-order valence-corrected chi connectivity index (χ2v) is 11.5. The fourth-order valence-electron chi connectivity index (χ4n) is 5.81. The minimum atomic E-state index is -4.40. The Morgan fingerprint density at radius 1 is 0.955 bits per heavy atom. The van der Waals surface area contributed by atoms with Crippen LogP contribution in [0.25, 0.3) is 5.69 Å². The molecule has 0 saturated carbocycles. The molecule has 1 aliphatic heterocycles. The second kappa shape index (κ2) is 14.5. The van der Waals surface area contributed by atoms with Gasteiger partial charge in [0.15, 0.2) is 0 Å². The van der Waals surface area contributed by atoms with Crippen LogP contribution in [0.5, 0.6) is 0 Å². The number of alkyl halides is 3. The molecule has 1 aliphatic rings. The lowest BCUT2D eigenvalue weighted by Gasteiger charge is -2.41. The quantitative estimate of drug-likeness (QED) is 0.203. The van der Waals surface area contributed by atoms with Gasteiger partial charge in [0.1, 0.15) is 11.6 Å². The number of halogens is 5. The van der Waals surface area contributed by atoms with Crippen molar-refractivity contribution in [1.29, 1.82) is 0 Å². The number of rotatable bonds is 11. The number of aromatic nitrogens is 2. The summed E-state index contributed by atoms with van der Waals surface area (Å²) in [4.78, 5) is 19.6. The van der Waals surface area contributed by atoms with Gasteiger partial charge in [-0.15, -0.1) is 0 Å². The summed E-state index contributed by atoms with van der Waals surface area (Å²) in [5.74, 6) is -1.43. The zero-order chi connectivity index (χ0) is 32.0. The van der Waals surface area contributed by atoms with Crippen LogP contribution in [-0.2, 0) is 12.7 Å². The van der Waals surface area contributed by atoms with Crippen molar-refractivity contribution in [3.63, 3.8) is 0 Å². The summed E-state index contributed by atoms with van der Waals surface area (Å²) in [7, 11) is 0. The zero-order valence-corrected chi connectivity index (χ0v) is 25.9. The summed E-state index contributed by atoms with van der Waals surface area (Å²) in [5, 5.41) is 4.62. The van der Waals surface area contributed by atoms with Crippen LogP contribution in [0.15, 0.2) is 42.5 Å². The number of carbonyl (C=O) groups excluding carboxylic acids is 1. The van der Waals surface area contributed by atoms with Gasteiger partial charge >= 0.3 is 12.2 Å². The van der Waals surface area contributed by atoms with Crippen molar-refractivity contribution in [3.05, 3.63) is 76.6 Å². The van der Waals surface area contributed by atoms with Gasteiger partial charge in [0, 0.05) is 56.1 Å². The lowest BCUT2D eigenvalue weighted by Crippen LogP contribution is -2.52. The van der Waals surface area contributed by atoms with Crippen LogP contribution in [0.1, 0.15) is 74.9 Å². The van der Waals surface area contributed by atoms with Gasteiger partial charge in [-0.2, -0.15) is 18.3 Å². The minimum Gasteiger partial charge on any atom is -0.321 e. The third-order valence-corrected chi connectivity index (χ3v) is 8.42. The SMILES string of the molecule is CCCCN(C(=O)N(CCCC)C1CCN(Cc2c(C)nn(-c3ccc(C(F)(F)F)cc3)c2C)CC1)c1ccc(F)cc1F. The van der Waals surface area contributed by atoms with Crippen molar-refractivity contribution in [2.24, 2.45) is 0 Å². The molecule has 0 N–H and O–H groups in total. The van der Waals surface area contributed by atoms with Gasteiger partial charge in [0.25, 0.3) is 0 Å². The van der Waals surface area contributed by atoms with E-state index < -0.39 is 23.4 Å². The number of hydrogen-bond acceptors (Lipinski definition) is 3. The lowest BCUT2D eigenvalue weighted by molar-refractivity contribution is -0.137. The fraction of sp³-hybridized carbons (Fsp3) is 0.515. The molecule has 4 rings (SSSR count). The van der Waals surface area contributed by atoms with Crippen LogP contribution >= 0.6 is 0 Å². The highest BCUT2D eigenvalue weighted by Crippen LogP contribution is 2.31. The number of likely N-dealkylation sites (tertiary alicyclic amines) is 1. The van der Waals surface area contributed by atoms with Gasteiger partial charge in [-0.05, 0) is 75.9 Å². The van der Waals surface area contributed by atoms with E-state index in [-0.39, 0.29) is 17.8 Å². The number of benzene rings is 2. The normalized spacial score (nSPS) is 14.7. The predicted octanol–water partition coefficient (Wildman–Crippen LogP) is 8.28. The van der Waals surface area contributed by atoms with Gasteiger partial charge in [0.05, 0.1) is 22.6 Å². The van der Waals surface area contributed by atoms with Crippen molar-refractivity contribution in [1.82, 2.24) is 19.6 Å². The molecule has 6 nitrogen and oxygen atoms in total. The van der Waals surface area contributed by atoms with E-state index in [1.165, 1.54) is 29.2 Å². The number of nitrogens with zero attached hydrogens (tertiary/aromatic N) is 5. The average Bonchev–Trinajstić information content (AvgIpc) is 3.27. The number of urea groups is 1. The number of amides is 2. The van der Waals surface area contributed by atoms with E-state index >= 15 is 0 Å². The van der Waals surface area contributed by atoms with Gasteiger partial charge < -0.3 is 4.90 Å². The molecule has 0 spiro atoms. The Hall–Kier alpha value is -3.47. The molecule has 0 unspecified atom stereocenters. The van der Waals surface area contributed by atoms with Crippen molar-refractivity contribution in [3.8, 4) is 5.69 Å². The molecule has 0 aliphatic carbocycles. The maximum atomic E-state index is 14.8. The Kier molecular flexibility index (Phi) is 11.0. The first-order valence-corrected chi connectivity index (χ1v) is 15.4. The highest BCUT2D eigenvalue weighted by atomic mass is 19.4. The molecule has 11 heteroatoms.